The van der Waals surface area contributed by atoms with Gasteiger partial charge in [-0.25, -0.2) is 19.6 Å². The zero-order chi connectivity index (χ0) is 26.1. The monoisotopic (exact) mass is 500 g/mol. The molecule has 1 fully saturated rings. The molecule has 37 heavy (non-hydrogen) atoms. The van der Waals surface area contributed by atoms with Gasteiger partial charge in [-0.2, -0.15) is 0 Å². The Kier molecular flexibility index (Phi) is 6.18. The molecule has 0 radical (unpaired) electrons. The average Bonchev–Trinajstić information content (AvgIpc) is 3.15. The van der Waals surface area contributed by atoms with Crippen LogP contribution in [0.1, 0.15) is 19.4 Å². The lowest BCUT2D eigenvalue weighted by Gasteiger charge is -2.39. The van der Waals surface area contributed by atoms with Crippen molar-refractivity contribution < 1.29 is 19.4 Å². The second-order valence-corrected chi connectivity index (χ2v) is 8.55. The summed E-state index contributed by atoms with van der Waals surface area (Å²) in [5.41, 5.74) is 7.11. The van der Waals surface area contributed by atoms with Crippen LogP contribution in [0.15, 0.2) is 77.4 Å². The number of para-hydroxylation sites is 1. The van der Waals surface area contributed by atoms with Crippen molar-refractivity contribution in [3.8, 4) is 17.2 Å². The Hall–Kier alpha value is -4.93. The third-order valence-electron chi connectivity index (χ3n) is 6.25. The number of aromatic nitrogens is 4. The van der Waals surface area contributed by atoms with E-state index in [1.165, 1.54) is 20.4 Å². The van der Waals surface area contributed by atoms with E-state index in [-0.39, 0.29) is 42.6 Å². The van der Waals surface area contributed by atoms with Crippen LogP contribution in [-0.4, -0.2) is 54.1 Å². The first-order valence-corrected chi connectivity index (χ1v) is 11.7. The largest absolute Gasteiger partial charge is 0.478 e. The van der Waals surface area contributed by atoms with Gasteiger partial charge in [0.2, 0.25) is 5.91 Å². The smallest absolute Gasteiger partial charge is 0.335 e. The minimum absolute atomic E-state index is 0.0300. The fourth-order valence-corrected chi connectivity index (χ4v) is 4.28. The van der Waals surface area contributed by atoms with E-state index in [1.807, 2.05) is 30.3 Å². The third-order valence-corrected chi connectivity index (χ3v) is 6.25. The Morgan fingerprint density at radius 1 is 1.08 bits per heavy atom. The molecule has 0 atom stereocenters. The summed E-state index contributed by atoms with van der Waals surface area (Å²) in [7, 11) is 0. The van der Waals surface area contributed by atoms with Gasteiger partial charge in [0, 0.05) is 24.7 Å². The van der Waals surface area contributed by atoms with Crippen molar-refractivity contribution in [3.05, 3.63) is 83.1 Å². The van der Waals surface area contributed by atoms with Crippen LogP contribution in [0.25, 0.3) is 16.9 Å². The summed E-state index contributed by atoms with van der Waals surface area (Å²) in [6, 6.07) is 16.0. The molecule has 0 unspecified atom stereocenters. The van der Waals surface area contributed by atoms with Gasteiger partial charge < -0.3 is 20.5 Å². The Bertz CT molecular complexity index is 1570. The first kappa shape index (κ1) is 23.8. The van der Waals surface area contributed by atoms with Crippen molar-refractivity contribution in [2.24, 2.45) is 0 Å². The van der Waals surface area contributed by atoms with Gasteiger partial charge >= 0.3 is 11.7 Å². The fraction of sp³-hybridized carbons (Fsp3) is 0.192. The molecule has 2 aromatic heterocycles. The fourth-order valence-electron chi connectivity index (χ4n) is 4.28. The molecule has 0 saturated carbocycles. The number of hydrogen-bond acceptors (Lipinski definition) is 7. The SMILES string of the molecule is CCC(=CC(=O)N1CC(n2c(=O)n(-c3ccc(Oc4ccccc4)cc3)c3c(N)ncnc32)C1)C(=O)O. The van der Waals surface area contributed by atoms with Crippen LogP contribution in [0, 0.1) is 0 Å². The number of carboxylic acids is 1. The van der Waals surface area contributed by atoms with E-state index >= 15 is 0 Å². The Morgan fingerprint density at radius 2 is 1.76 bits per heavy atom. The van der Waals surface area contributed by atoms with Crippen molar-refractivity contribution in [2.45, 2.75) is 19.4 Å². The number of amides is 1. The van der Waals surface area contributed by atoms with Crippen LogP contribution in [-0.2, 0) is 9.59 Å². The van der Waals surface area contributed by atoms with Gasteiger partial charge in [0.05, 0.1) is 11.7 Å². The number of fused-ring (bicyclic) bond motifs is 1. The molecule has 11 heteroatoms. The average molecular weight is 501 g/mol. The van der Waals surface area contributed by atoms with Crippen LogP contribution < -0.4 is 16.2 Å². The number of rotatable bonds is 7. The van der Waals surface area contributed by atoms with E-state index in [4.69, 9.17) is 10.5 Å². The molecule has 0 aliphatic carbocycles. The molecule has 0 spiro atoms. The van der Waals surface area contributed by atoms with Crippen molar-refractivity contribution in [2.75, 3.05) is 18.8 Å². The second kappa shape index (κ2) is 9.61. The van der Waals surface area contributed by atoms with Crippen LogP contribution in [0.4, 0.5) is 5.82 Å². The maximum atomic E-state index is 13.6. The van der Waals surface area contributed by atoms with Gasteiger partial charge in [-0.1, -0.05) is 25.1 Å². The van der Waals surface area contributed by atoms with Gasteiger partial charge in [-0.15, -0.1) is 0 Å². The molecular weight excluding hydrogens is 476 g/mol. The molecule has 3 heterocycles. The van der Waals surface area contributed by atoms with Crippen LogP contribution >= 0.6 is 0 Å². The Morgan fingerprint density at radius 3 is 2.41 bits per heavy atom. The first-order chi connectivity index (χ1) is 17.9. The number of nitrogens with zero attached hydrogens (tertiary/aromatic N) is 5. The molecule has 188 valence electrons. The molecule has 3 N–H and O–H groups in total. The van der Waals surface area contributed by atoms with Gasteiger partial charge in [-0.3, -0.25) is 13.9 Å². The van der Waals surface area contributed by atoms with E-state index in [9.17, 15) is 19.5 Å². The number of nitrogens with two attached hydrogens (primary N) is 1. The number of ether oxygens (including phenoxy) is 1. The van der Waals surface area contributed by atoms with Gasteiger partial charge in [-0.05, 0) is 42.8 Å². The number of likely N-dealkylation sites (tertiary alicyclic amines) is 1. The number of carboxylic acid groups (broad SMARTS) is 1. The molecule has 0 bridgehead atoms. The number of imidazole rings is 1. The highest BCUT2D eigenvalue weighted by Crippen LogP contribution is 2.29. The Balaban J connectivity index is 1.45. The van der Waals surface area contributed by atoms with Crippen molar-refractivity contribution in [3.63, 3.8) is 0 Å². The lowest BCUT2D eigenvalue weighted by Crippen LogP contribution is -2.52. The molecule has 1 saturated heterocycles. The highest BCUT2D eigenvalue weighted by Gasteiger charge is 2.35. The number of benzene rings is 2. The highest BCUT2D eigenvalue weighted by atomic mass is 16.5. The number of aliphatic carboxylic acids is 1. The first-order valence-electron chi connectivity index (χ1n) is 11.7. The number of carbonyl (C=O) groups is 2. The van der Waals surface area contributed by atoms with Crippen molar-refractivity contribution >= 4 is 28.9 Å². The highest BCUT2D eigenvalue weighted by molar-refractivity contribution is 5.98. The summed E-state index contributed by atoms with van der Waals surface area (Å²) in [5, 5.41) is 9.19. The van der Waals surface area contributed by atoms with E-state index < -0.39 is 11.9 Å². The molecule has 1 aliphatic rings. The van der Waals surface area contributed by atoms with Crippen molar-refractivity contribution in [1.29, 1.82) is 0 Å². The van der Waals surface area contributed by atoms with E-state index in [0.717, 1.165) is 6.08 Å². The van der Waals surface area contributed by atoms with Gasteiger partial charge in [0.25, 0.3) is 0 Å². The molecular formula is C26H24N6O5. The number of hydrogen-bond donors (Lipinski definition) is 2. The second-order valence-electron chi connectivity index (χ2n) is 8.55. The predicted molar refractivity (Wildman–Crippen MR) is 136 cm³/mol. The van der Waals surface area contributed by atoms with Crippen molar-refractivity contribution in [1.82, 2.24) is 24.0 Å². The topological polar surface area (TPSA) is 146 Å². The quantitative estimate of drug-likeness (QED) is 0.369. The molecule has 1 aliphatic heterocycles. The zero-order valence-electron chi connectivity index (χ0n) is 19.9. The summed E-state index contributed by atoms with van der Waals surface area (Å²) in [4.78, 5) is 47.2. The summed E-state index contributed by atoms with van der Waals surface area (Å²) in [6.07, 6.45) is 2.65. The van der Waals surface area contributed by atoms with Crippen LogP contribution in [0.3, 0.4) is 0 Å². The zero-order valence-corrected chi connectivity index (χ0v) is 19.9. The number of anilines is 1. The molecule has 2 aromatic carbocycles. The summed E-state index contributed by atoms with van der Waals surface area (Å²) >= 11 is 0. The molecule has 1 amide bonds. The van der Waals surface area contributed by atoms with Crippen LogP contribution in [0.2, 0.25) is 0 Å². The summed E-state index contributed by atoms with van der Waals surface area (Å²) < 4.78 is 8.80. The molecule has 5 rings (SSSR count). The standard InChI is InChI=1S/C26H24N6O5/c1-2-16(25(34)35)12-21(33)30-13-18(14-30)32-24-22(23(27)28-15-29-24)31(26(32)36)17-8-10-20(11-9-17)37-19-6-4-3-5-7-19/h3-12,15,18H,2,13-14H2,1H3,(H,34,35)(H2,27,28,29). The summed E-state index contributed by atoms with van der Waals surface area (Å²) in [6.45, 7) is 2.14. The predicted octanol–water partition coefficient (Wildman–Crippen LogP) is 2.76. The van der Waals surface area contributed by atoms with E-state index in [0.29, 0.717) is 28.4 Å². The number of nitrogen functional groups attached to an aromatic ring is 1. The third kappa shape index (κ3) is 4.42. The lowest BCUT2D eigenvalue weighted by atomic mass is 10.1. The molecule has 11 nitrogen and oxygen atoms in total. The van der Waals surface area contributed by atoms with E-state index in [1.54, 1.807) is 31.2 Å². The lowest BCUT2D eigenvalue weighted by molar-refractivity contribution is -0.135. The normalized spacial score (nSPS) is 14.0. The van der Waals surface area contributed by atoms with Gasteiger partial charge in [0.15, 0.2) is 11.5 Å². The minimum atomic E-state index is -1.13. The number of carbonyl (C=O) groups excluding carboxylic acids is 1. The maximum absolute atomic E-state index is 13.6. The molecule has 4 aromatic rings. The Labute approximate surface area is 211 Å². The summed E-state index contributed by atoms with van der Waals surface area (Å²) in [5.74, 6) is -0.0929. The van der Waals surface area contributed by atoms with Crippen LogP contribution in [0.5, 0.6) is 11.5 Å². The maximum Gasteiger partial charge on any atom is 0.335 e. The van der Waals surface area contributed by atoms with E-state index in [2.05, 4.69) is 9.97 Å². The minimum Gasteiger partial charge on any atom is -0.478 e. The van der Waals surface area contributed by atoms with Gasteiger partial charge in [0.1, 0.15) is 23.3 Å².